The van der Waals surface area contributed by atoms with Crippen LogP contribution in [0, 0.1) is 11.8 Å². The van der Waals surface area contributed by atoms with Crippen LogP contribution in [0.2, 0.25) is 0 Å². The molecule has 2 fully saturated rings. The van der Waals surface area contributed by atoms with Crippen LogP contribution in [0.15, 0.2) is 54.6 Å². The quantitative estimate of drug-likeness (QED) is 0.830. The standard InChI is InChI=1S/C23H28N2O/c1-16(2)17-9-11-19(12-10-17)23(26)25-14-20-13-24(3)22(21(20)15-25)18-7-5-4-6-8-18/h4-12,16,20-22H,13-15H2,1-3H3/t20-,21+,22-/m0/s1. The van der Waals surface area contributed by atoms with Gasteiger partial charge < -0.3 is 4.90 Å². The van der Waals surface area contributed by atoms with E-state index in [2.05, 4.69) is 73.2 Å². The average molecular weight is 348 g/mol. The van der Waals surface area contributed by atoms with Gasteiger partial charge in [0.25, 0.3) is 5.91 Å². The maximum atomic E-state index is 13.0. The third-order valence-electron chi connectivity index (χ3n) is 6.15. The molecular formula is C23H28N2O. The zero-order valence-electron chi connectivity index (χ0n) is 15.9. The molecule has 0 aromatic heterocycles. The molecule has 1 amide bonds. The van der Waals surface area contributed by atoms with Crippen molar-refractivity contribution in [1.29, 1.82) is 0 Å². The largest absolute Gasteiger partial charge is 0.338 e. The average Bonchev–Trinajstić information content (AvgIpc) is 3.18. The molecule has 4 rings (SSSR count). The Morgan fingerprint density at radius 1 is 0.962 bits per heavy atom. The van der Waals surface area contributed by atoms with Crippen molar-refractivity contribution in [2.24, 2.45) is 11.8 Å². The molecule has 0 aliphatic carbocycles. The lowest BCUT2D eigenvalue weighted by Crippen LogP contribution is -2.33. The summed E-state index contributed by atoms with van der Waals surface area (Å²) in [4.78, 5) is 17.5. The van der Waals surface area contributed by atoms with Crippen molar-refractivity contribution in [2.45, 2.75) is 25.8 Å². The number of hydrogen-bond acceptors (Lipinski definition) is 2. The third-order valence-corrected chi connectivity index (χ3v) is 6.15. The second-order valence-corrected chi connectivity index (χ2v) is 8.21. The summed E-state index contributed by atoms with van der Waals surface area (Å²) >= 11 is 0. The molecule has 0 radical (unpaired) electrons. The molecule has 2 saturated heterocycles. The second kappa shape index (κ2) is 6.88. The van der Waals surface area contributed by atoms with Gasteiger partial charge in [-0.3, -0.25) is 9.69 Å². The van der Waals surface area contributed by atoms with Crippen LogP contribution in [0.5, 0.6) is 0 Å². The van der Waals surface area contributed by atoms with Crippen LogP contribution in [0.4, 0.5) is 0 Å². The Morgan fingerprint density at radius 3 is 2.31 bits per heavy atom. The number of rotatable bonds is 3. The van der Waals surface area contributed by atoms with Crippen LogP contribution in [-0.4, -0.2) is 42.4 Å². The van der Waals surface area contributed by atoms with Crippen molar-refractivity contribution < 1.29 is 4.79 Å². The maximum Gasteiger partial charge on any atom is 0.253 e. The van der Waals surface area contributed by atoms with E-state index in [1.807, 2.05) is 12.1 Å². The summed E-state index contributed by atoms with van der Waals surface area (Å²) in [7, 11) is 2.22. The van der Waals surface area contributed by atoms with Crippen LogP contribution in [0.25, 0.3) is 0 Å². The van der Waals surface area contributed by atoms with Crippen molar-refractivity contribution in [3.8, 4) is 0 Å². The molecule has 2 aliphatic heterocycles. The van der Waals surface area contributed by atoms with Crippen LogP contribution < -0.4 is 0 Å². The first kappa shape index (κ1) is 17.3. The summed E-state index contributed by atoms with van der Waals surface area (Å²) in [6, 6.07) is 19.3. The molecular weight excluding hydrogens is 320 g/mol. The summed E-state index contributed by atoms with van der Waals surface area (Å²) in [5, 5.41) is 0. The van der Waals surface area contributed by atoms with Crippen molar-refractivity contribution >= 4 is 5.91 Å². The lowest BCUT2D eigenvalue weighted by Gasteiger charge is -2.27. The summed E-state index contributed by atoms with van der Waals surface area (Å²) in [5.74, 6) is 1.78. The summed E-state index contributed by atoms with van der Waals surface area (Å²) in [5.41, 5.74) is 3.47. The molecule has 2 aromatic rings. The van der Waals surface area contributed by atoms with Crippen molar-refractivity contribution in [3.63, 3.8) is 0 Å². The van der Waals surface area contributed by atoms with E-state index >= 15 is 0 Å². The molecule has 0 N–H and O–H groups in total. The first-order chi connectivity index (χ1) is 12.5. The van der Waals surface area contributed by atoms with Crippen LogP contribution in [0.1, 0.15) is 47.3 Å². The van der Waals surface area contributed by atoms with Gasteiger partial charge in [-0.25, -0.2) is 0 Å². The molecule has 3 heteroatoms. The lowest BCUT2D eigenvalue weighted by molar-refractivity contribution is 0.0768. The molecule has 2 heterocycles. The predicted molar refractivity (Wildman–Crippen MR) is 105 cm³/mol. The van der Waals surface area contributed by atoms with Gasteiger partial charge in [0.15, 0.2) is 0 Å². The van der Waals surface area contributed by atoms with E-state index in [4.69, 9.17) is 0 Å². The maximum absolute atomic E-state index is 13.0. The highest BCUT2D eigenvalue weighted by atomic mass is 16.2. The molecule has 3 atom stereocenters. The lowest BCUT2D eigenvalue weighted by atomic mass is 9.90. The van der Waals surface area contributed by atoms with Gasteiger partial charge in [0.1, 0.15) is 0 Å². The van der Waals surface area contributed by atoms with Crippen LogP contribution >= 0.6 is 0 Å². The Balaban J connectivity index is 1.50. The van der Waals surface area contributed by atoms with E-state index in [0.717, 1.165) is 25.2 Å². The van der Waals surface area contributed by atoms with Gasteiger partial charge in [-0.1, -0.05) is 56.3 Å². The molecule has 26 heavy (non-hydrogen) atoms. The van der Waals surface area contributed by atoms with Gasteiger partial charge >= 0.3 is 0 Å². The molecule has 3 nitrogen and oxygen atoms in total. The number of nitrogens with zero attached hydrogens (tertiary/aromatic N) is 2. The summed E-state index contributed by atoms with van der Waals surface area (Å²) in [6.45, 7) is 7.17. The van der Waals surface area contributed by atoms with Crippen LogP contribution in [0.3, 0.4) is 0 Å². The molecule has 2 aliphatic rings. The topological polar surface area (TPSA) is 23.6 Å². The fraction of sp³-hybridized carbons (Fsp3) is 0.435. The van der Waals surface area contributed by atoms with E-state index in [1.54, 1.807) is 0 Å². The van der Waals surface area contributed by atoms with Crippen LogP contribution in [-0.2, 0) is 0 Å². The predicted octanol–water partition coefficient (Wildman–Crippen LogP) is 4.18. The highest BCUT2D eigenvalue weighted by Gasteiger charge is 2.47. The summed E-state index contributed by atoms with van der Waals surface area (Å²) in [6.07, 6.45) is 0. The minimum atomic E-state index is 0.184. The Hall–Kier alpha value is -2.13. The summed E-state index contributed by atoms with van der Waals surface area (Å²) < 4.78 is 0. The first-order valence-electron chi connectivity index (χ1n) is 9.69. The number of carbonyl (C=O) groups is 1. The third kappa shape index (κ3) is 3.05. The van der Waals surface area contributed by atoms with Gasteiger partial charge in [-0.15, -0.1) is 0 Å². The molecule has 136 valence electrons. The van der Waals surface area contributed by atoms with E-state index in [-0.39, 0.29) is 5.91 Å². The zero-order chi connectivity index (χ0) is 18.3. The number of benzene rings is 2. The Morgan fingerprint density at radius 2 is 1.65 bits per heavy atom. The highest BCUT2D eigenvalue weighted by Crippen LogP contribution is 2.44. The van der Waals surface area contributed by atoms with E-state index in [0.29, 0.717) is 23.8 Å². The Bertz CT molecular complexity index is 769. The molecule has 0 saturated carbocycles. The van der Waals surface area contributed by atoms with Crippen molar-refractivity contribution in [1.82, 2.24) is 9.80 Å². The second-order valence-electron chi connectivity index (χ2n) is 8.21. The molecule has 2 aromatic carbocycles. The number of amides is 1. The zero-order valence-corrected chi connectivity index (χ0v) is 15.9. The number of fused-ring (bicyclic) bond motifs is 1. The van der Waals surface area contributed by atoms with Crippen molar-refractivity contribution in [2.75, 3.05) is 26.7 Å². The minimum absolute atomic E-state index is 0.184. The fourth-order valence-corrected chi connectivity index (χ4v) is 4.77. The monoisotopic (exact) mass is 348 g/mol. The normalized spacial score (nSPS) is 25.7. The Labute approximate surface area is 156 Å². The van der Waals surface area contributed by atoms with Gasteiger partial charge in [0.2, 0.25) is 0 Å². The van der Waals surface area contributed by atoms with E-state index < -0.39 is 0 Å². The number of hydrogen-bond donors (Lipinski definition) is 0. The van der Waals surface area contributed by atoms with Gasteiger partial charge in [-0.05, 0) is 42.1 Å². The number of likely N-dealkylation sites (tertiary alicyclic amines) is 2. The van der Waals surface area contributed by atoms with Gasteiger partial charge in [-0.2, -0.15) is 0 Å². The highest BCUT2D eigenvalue weighted by molar-refractivity contribution is 5.94. The Kier molecular flexibility index (Phi) is 4.58. The first-order valence-corrected chi connectivity index (χ1v) is 9.69. The van der Waals surface area contributed by atoms with E-state index in [1.165, 1.54) is 11.1 Å². The minimum Gasteiger partial charge on any atom is -0.338 e. The molecule has 0 spiro atoms. The van der Waals surface area contributed by atoms with E-state index in [9.17, 15) is 4.79 Å². The fourth-order valence-electron chi connectivity index (χ4n) is 4.77. The number of carbonyl (C=O) groups excluding carboxylic acids is 1. The molecule has 0 bridgehead atoms. The van der Waals surface area contributed by atoms with Crippen molar-refractivity contribution in [3.05, 3.63) is 71.3 Å². The molecule has 0 unspecified atom stereocenters. The smallest absolute Gasteiger partial charge is 0.253 e. The van der Waals surface area contributed by atoms with Gasteiger partial charge in [0.05, 0.1) is 0 Å². The SMILES string of the molecule is CC(C)c1ccc(C(=O)N2C[C@@H]3CN(C)[C@@H](c4ccccc4)[C@@H]3C2)cc1. The van der Waals surface area contributed by atoms with Gasteiger partial charge in [0, 0.05) is 37.2 Å².